The standard InChI is InChI=1S/C20H18N4O4/c25-20(15-8-10-17(11-9-15)24(26)27)23-12-4-7-16(13-23)19-21-18(22-28-19)14-5-2-1-3-6-14/h1-3,5-6,8-11,16H,4,7,12-13H2/t16-/m0/s1. The van der Waals surface area contributed by atoms with E-state index < -0.39 is 4.92 Å². The van der Waals surface area contributed by atoms with E-state index in [1.807, 2.05) is 30.3 Å². The van der Waals surface area contributed by atoms with Crippen LogP contribution in [-0.4, -0.2) is 39.0 Å². The smallest absolute Gasteiger partial charge is 0.269 e. The molecule has 0 N–H and O–H groups in total. The Morgan fingerprint density at radius 1 is 1.14 bits per heavy atom. The number of non-ortho nitro benzene ring substituents is 1. The predicted octanol–water partition coefficient (Wildman–Crippen LogP) is 3.66. The quantitative estimate of drug-likeness (QED) is 0.507. The van der Waals surface area contributed by atoms with Crippen molar-refractivity contribution in [3.63, 3.8) is 0 Å². The van der Waals surface area contributed by atoms with Crippen LogP contribution in [0, 0.1) is 10.1 Å². The highest BCUT2D eigenvalue weighted by molar-refractivity contribution is 5.94. The van der Waals surface area contributed by atoms with Gasteiger partial charge < -0.3 is 9.42 Å². The summed E-state index contributed by atoms with van der Waals surface area (Å²) in [6.45, 7) is 1.11. The van der Waals surface area contributed by atoms with Crippen LogP contribution in [0.5, 0.6) is 0 Å². The zero-order valence-electron chi connectivity index (χ0n) is 15.0. The van der Waals surface area contributed by atoms with E-state index in [1.54, 1.807) is 4.90 Å². The summed E-state index contributed by atoms with van der Waals surface area (Å²) >= 11 is 0. The molecule has 1 amide bonds. The van der Waals surface area contributed by atoms with Crippen LogP contribution < -0.4 is 0 Å². The Balaban J connectivity index is 1.48. The van der Waals surface area contributed by atoms with Crippen molar-refractivity contribution >= 4 is 11.6 Å². The van der Waals surface area contributed by atoms with Gasteiger partial charge in [-0.25, -0.2) is 0 Å². The molecule has 8 nitrogen and oxygen atoms in total. The second-order valence-electron chi connectivity index (χ2n) is 6.72. The van der Waals surface area contributed by atoms with Crippen LogP contribution >= 0.6 is 0 Å². The van der Waals surface area contributed by atoms with Gasteiger partial charge in [0, 0.05) is 36.3 Å². The van der Waals surface area contributed by atoms with E-state index in [0.29, 0.717) is 30.4 Å². The lowest BCUT2D eigenvalue weighted by molar-refractivity contribution is -0.384. The number of nitro groups is 1. The molecule has 2 aromatic carbocycles. The van der Waals surface area contributed by atoms with Crippen LogP contribution in [-0.2, 0) is 0 Å². The van der Waals surface area contributed by atoms with Crippen molar-refractivity contribution < 1.29 is 14.2 Å². The normalized spacial score (nSPS) is 16.7. The van der Waals surface area contributed by atoms with Crippen LogP contribution in [0.15, 0.2) is 59.1 Å². The third-order valence-corrected chi connectivity index (χ3v) is 4.86. The second kappa shape index (κ2) is 7.59. The molecule has 4 rings (SSSR count). The van der Waals surface area contributed by atoms with Crippen LogP contribution in [0.3, 0.4) is 0 Å². The van der Waals surface area contributed by atoms with Gasteiger partial charge in [-0.05, 0) is 25.0 Å². The highest BCUT2D eigenvalue weighted by atomic mass is 16.6. The number of carbonyl (C=O) groups is 1. The lowest BCUT2D eigenvalue weighted by Crippen LogP contribution is -2.39. The summed E-state index contributed by atoms with van der Waals surface area (Å²) in [5, 5.41) is 14.8. The minimum absolute atomic E-state index is 0.0271. The number of benzene rings is 2. The molecular weight excluding hydrogens is 360 g/mol. The van der Waals surface area contributed by atoms with Crippen molar-refractivity contribution in [3.05, 3.63) is 76.2 Å². The number of hydrogen-bond acceptors (Lipinski definition) is 6. The first kappa shape index (κ1) is 17.8. The van der Waals surface area contributed by atoms with Gasteiger partial charge in [-0.1, -0.05) is 35.5 Å². The van der Waals surface area contributed by atoms with Gasteiger partial charge in [-0.3, -0.25) is 14.9 Å². The first-order valence-electron chi connectivity index (χ1n) is 9.04. The Bertz CT molecular complexity index is 985. The number of piperidine rings is 1. The lowest BCUT2D eigenvalue weighted by atomic mass is 9.97. The van der Waals surface area contributed by atoms with Crippen molar-refractivity contribution in [1.29, 1.82) is 0 Å². The molecule has 8 heteroatoms. The third-order valence-electron chi connectivity index (χ3n) is 4.86. The average molecular weight is 378 g/mol. The number of carbonyl (C=O) groups excluding carboxylic acids is 1. The summed E-state index contributed by atoms with van der Waals surface area (Å²) in [4.78, 5) is 29.3. The van der Waals surface area contributed by atoms with Gasteiger partial charge >= 0.3 is 0 Å². The summed E-state index contributed by atoms with van der Waals surface area (Å²) in [5.41, 5.74) is 1.28. The largest absolute Gasteiger partial charge is 0.339 e. The number of amides is 1. The van der Waals surface area contributed by atoms with E-state index in [9.17, 15) is 14.9 Å². The summed E-state index contributed by atoms with van der Waals surface area (Å²) in [5.74, 6) is 0.887. The van der Waals surface area contributed by atoms with E-state index in [1.165, 1.54) is 24.3 Å². The Labute approximate surface area is 160 Å². The lowest BCUT2D eigenvalue weighted by Gasteiger charge is -2.31. The Morgan fingerprint density at radius 3 is 2.61 bits per heavy atom. The number of likely N-dealkylation sites (tertiary alicyclic amines) is 1. The van der Waals surface area contributed by atoms with Crippen LogP contribution in [0.2, 0.25) is 0 Å². The van der Waals surface area contributed by atoms with Crippen molar-refractivity contribution in [2.75, 3.05) is 13.1 Å². The summed E-state index contributed by atoms with van der Waals surface area (Å²) < 4.78 is 5.46. The highest BCUT2D eigenvalue weighted by Gasteiger charge is 2.29. The van der Waals surface area contributed by atoms with E-state index in [4.69, 9.17) is 4.52 Å². The molecule has 3 aromatic rings. The highest BCUT2D eigenvalue weighted by Crippen LogP contribution is 2.28. The van der Waals surface area contributed by atoms with Gasteiger partial charge in [0.15, 0.2) is 0 Å². The van der Waals surface area contributed by atoms with Crippen molar-refractivity contribution in [1.82, 2.24) is 15.0 Å². The maximum absolute atomic E-state index is 12.8. The minimum Gasteiger partial charge on any atom is -0.339 e. The fourth-order valence-electron chi connectivity index (χ4n) is 3.38. The second-order valence-corrected chi connectivity index (χ2v) is 6.72. The molecule has 0 aliphatic carbocycles. The maximum Gasteiger partial charge on any atom is 0.269 e. The summed E-state index contributed by atoms with van der Waals surface area (Å²) in [7, 11) is 0. The summed E-state index contributed by atoms with van der Waals surface area (Å²) in [6, 6.07) is 15.3. The maximum atomic E-state index is 12.8. The van der Waals surface area contributed by atoms with E-state index >= 15 is 0 Å². The van der Waals surface area contributed by atoms with Crippen molar-refractivity contribution in [3.8, 4) is 11.4 Å². The monoisotopic (exact) mass is 378 g/mol. The molecule has 0 bridgehead atoms. The van der Waals surface area contributed by atoms with Gasteiger partial charge in [0.2, 0.25) is 11.7 Å². The fourth-order valence-corrected chi connectivity index (χ4v) is 3.38. The minimum atomic E-state index is -0.481. The van der Waals surface area contributed by atoms with E-state index in [-0.39, 0.29) is 17.5 Å². The van der Waals surface area contributed by atoms with Gasteiger partial charge in [-0.2, -0.15) is 4.98 Å². The topological polar surface area (TPSA) is 102 Å². The Hall–Kier alpha value is -3.55. The molecule has 0 unspecified atom stereocenters. The number of rotatable bonds is 4. The molecule has 0 spiro atoms. The Kier molecular flexibility index (Phi) is 4.84. The fraction of sp³-hybridized carbons (Fsp3) is 0.250. The zero-order valence-corrected chi connectivity index (χ0v) is 15.0. The van der Waals surface area contributed by atoms with Gasteiger partial charge in [-0.15, -0.1) is 0 Å². The zero-order chi connectivity index (χ0) is 19.5. The summed E-state index contributed by atoms with van der Waals surface area (Å²) in [6.07, 6.45) is 1.69. The van der Waals surface area contributed by atoms with Crippen LogP contribution in [0.1, 0.15) is 35.0 Å². The number of nitro benzene ring substituents is 1. The van der Waals surface area contributed by atoms with Crippen LogP contribution in [0.4, 0.5) is 5.69 Å². The van der Waals surface area contributed by atoms with Crippen molar-refractivity contribution in [2.24, 2.45) is 0 Å². The third kappa shape index (κ3) is 3.62. The average Bonchev–Trinajstić information content (AvgIpc) is 3.24. The SMILES string of the molecule is O=C(c1ccc([N+](=O)[O-])cc1)N1CCC[C@H](c2nc(-c3ccccc3)no2)C1. The van der Waals surface area contributed by atoms with Gasteiger partial charge in [0.05, 0.1) is 10.8 Å². The van der Waals surface area contributed by atoms with E-state index in [2.05, 4.69) is 10.1 Å². The van der Waals surface area contributed by atoms with Crippen LogP contribution in [0.25, 0.3) is 11.4 Å². The Morgan fingerprint density at radius 2 is 1.89 bits per heavy atom. The molecule has 0 radical (unpaired) electrons. The molecule has 28 heavy (non-hydrogen) atoms. The van der Waals surface area contributed by atoms with Crippen molar-refractivity contribution in [2.45, 2.75) is 18.8 Å². The molecule has 1 atom stereocenters. The molecule has 1 saturated heterocycles. The number of hydrogen-bond donors (Lipinski definition) is 0. The molecule has 142 valence electrons. The number of aromatic nitrogens is 2. The molecular formula is C20H18N4O4. The predicted molar refractivity (Wildman–Crippen MR) is 101 cm³/mol. The molecule has 2 heterocycles. The first-order chi connectivity index (χ1) is 13.6. The molecule has 1 aromatic heterocycles. The van der Waals surface area contributed by atoms with E-state index in [0.717, 1.165) is 18.4 Å². The molecule has 1 aliphatic rings. The molecule has 1 fully saturated rings. The number of nitrogens with zero attached hydrogens (tertiary/aromatic N) is 4. The first-order valence-corrected chi connectivity index (χ1v) is 9.04. The molecule has 0 saturated carbocycles. The van der Waals surface area contributed by atoms with Gasteiger partial charge in [0.25, 0.3) is 11.6 Å². The molecule has 1 aliphatic heterocycles. The van der Waals surface area contributed by atoms with Gasteiger partial charge in [0.1, 0.15) is 0 Å².